The molecule has 1 aliphatic heterocycles. The van der Waals surface area contributed by atoms with E-state index >= 15 is 0 Å². The minimum Gasteiger partial charge on any atom is -0.325 e. The Morgan fingerprint density at radius 1 is 1.10 bits per heavy atom. The molecule has 3 rings (SSSR count). The van der Waals surface area contributed by atoms with E-state index in [1.54, 1.807) is 31.2 Å². The molecule has 0 bridgehead atoms. The summed E-state index contributed by atoms with van der Waals surface area (Å²) in [5.41, 5.74) is 1.45. The molecule has 0 aliphatic carbocycles. The van der Waals surface area contributed by atoms with Crippen molar-refractivity contribution in [3.05, 3.63) is 65.2 Å². The number of carbonyl (C=O) groups excluding carboxylic acids is 3. The summed E-state index contributed by atoms with van der Waals surface area (Å²) in [5, 5.41) is 14.2. The number of nitrogens with one attached hydrogen (secondary N) is 2. The van der Waals surface area contributed by atoms with Gasteiger partial charge in [-0.1, -0.05) is 45.0 Å². The lowest BCUT2D eigenvalue weighted by atomic mass is 9.84. The SMILES string of the molecule is CC(C)(C)c1ccc([C@@]2(C)NC(=O)N(CC(=O)Nc3ccc(C#N)cc3)C2=O)cc1. The lowest BCUT2D eigenvalue weighted by molar-refractivity contribution is -0.133. The average molecular weight is 404 g/mol. The maximum absolute atomic E-state index is 13.0. The zero-order valence-corrected chi connectivity index (χ0v) is 17.4. The Kier molecular flexibility index (Phi) is 5.36. The first-order valence-electron chi connectivity index (χ1n) is 9.60. The molecular weight excluding hydrogens is 380 g/mol. The van der Waals surface area contributed by atoms with Crippen LogP contribution in [0.15, 0.2) is 48.5 Å². The summed E-state index contributed by atoms with van der Waals surface area (Å²) >= 11 is 0. The molecule has 1 fully saturated rings. The van der Waals surface area contributed by atoms with Crippen LogP contribution in [-0.4, -0.2) is 29.3 Å². The molecule has 0 unspecified atom stereocenters. The van der Waals surface area contributed by atoms with E-state index in [2.05, 4.69) is 31.4 Å². The molecule has 7 heteroatoms. The number of benzene rings is 2. The third-order valence-corrected chi connectivity index (χ3v) is 5.20. The third kappa shape index (κ3) is 4.03. The van der Waals surface area contributed by atoms with Gasteiger partial charge in [0.05, 0.1) is 11.6 Å². The number of urea groups is 1. The molecule has 0 spiro atoms. The largest absolute Gasteiger partial charge is 0.325 e. The Bertz CT molecular complexity index is 1030. The van der Waals surface area contributed by atoms with Crippen molar-refractivity contribution in [2.45, 2.75) is 38.6 Å². The maximum Gasteiger partial charge on any atom is 0.325 e. The Morgan fingerprint density at radius 2 is 1.70 bits per heavy atom. The molecule has 2 N–H and O–H groups in total. The summed E-state index contributed by atoms with van der Waals surface area (Å²) in [6, 6.07) is 15.3. The third-order valence-electron chi connectivity index (χ3n) is 5.20. The first-order valence-corrected chi connectivity index (χ1v) is 9.60. The second-order valence-corrected chi connectivity index (χ2v) is 8.51. The van der Waals surface area contributed by atoms with Gasteiger partial charge in [0, 0.05) is 5.69 Å². The van der Waals surface area contributed by atoms with Crippen molar-refractivity contribution in [3.8, 4) is 6.07 Å². The minimum atomic E-state index is -1.23. The Balaban J connectivity index is 1.73. The van der Waals surface area contributed by atoms with E-state index in [1.165, 1.54) is 0 Å². The highest BCUT2D eigenvalue weighted by Gasteiger charge is 2.49. The number of nitriles is 1. The molecular formula is C23H24N4O3. The van der Waals surface area contributed by atoms with Crippen LogP contribution in [0.3, 0.4) is 0 Å². The Hall–Kier alpha value is -3.66. The summed E-state index contributed by atoms with van der Waals surface area (Å²) in [6.07, 6.45) is 0. The fourth-order valence-corrected chi connectivity index (χ4v) is 3.31. The van der Waals surface area contributed by atoms with E-state index in [4.69, 9.17) is 5.26 Å². The standard InChI is InChI=1S/C23H24N4O3/c1-22(2,3)16-7-9-17(10-8-16)23(4)20(29)27(21(30)26-23)14-19(28)25-18-11-5-15(13-24)6-12-18/h5-12H,14H2,1-4H3,(H,25,28)(H,26,30)/t23-/m1/s1. The van der Waals surface area contributed by atoms with Crippen LogP contribution in [0.25, 0.3) is 0 Å². The molecule has 1 saturated heterocycles. The van der Waals surface area contributed by atoms with Gasteiger partial charge >= 0.3 is 6.03 Å². The molecule has 7 nitrogen and oxygen atoms in total. The van der Waals surface area contributed by atoms with Crippen molar-refractivity contribution >= 4 is 23.5 Å². The Morgan fingerprint density at radius 3 is 2.23 bits per heavy atom. The number of rotatable bonds is 4. The zero-order valence-electron chi connectivity index (χ0n) is 17.4. The molecule has 0 radical (unpaired) electrons. The predicted octanol–water partition coefficient (Wildman–Crippen LogP) is 3.26. The van der Waals surface area contributed by atoms with E-state index < -0.39 is 29.9 Å². The second-order valence-electron chi connectivity index (χ2n) is 8.51. The maximum atomic E-state index is 13.0. The van der Waals surface area contributed by atoms with E-state index in [1.807, 2.05) is 30.3 Å². The van der Waals surface area contributed by atoms with Crippen LogP contribution in [0, 0.1) is 11.3 Å². The summed E-state index contributed by atoms with van der Waals surface area (Å²) < 4.78 is 0. The number of carbonyl (C=O) groups is 3. The number of imide groups is 1. The number of hydrogen-bond donors (Lipinski definition) is 2. The van der Waals surface area contributed by atoms with Crippen molar-refractivity contribution < 1.29 is 14.4 Å². The normalized spacial score (nSPS) is 18.7. The van der Waals surface area contributed by atoms with Crippen molar-refractivity contribution in [2.75, 3.05) is 11.9 Å². The lowest BCUT2D eigenvalue weighted by Gasteiger charge is -2.24. The second kappa shape index (κ2) is 7.64. The molecule has 4 amide bonds. The van der Waals surface area contributed by atoms with Crippen molar-refractivity contribution in [2.24, 2.45) is 0 Å². The van der Waals surface area contributed by atoms with Gasteiger partial charge in [0.1, 0.15) is 12.1 Å². The molecule has 1 heterocycles. The number of hydrogen-bond acceptors (Lipinski definition) is 4. The number of anilines is 1. The van der Waals surface area contributed by atoms with Crippen LogP contribution in [0.5, 0.6) is 0 Å². The van der Waals surface area contributed by atoms with Gasteiger partial charge in [-0.15, -0.1) is 0 Å². The molecule has 30 heavy (non-hydrogen) atoms. The summed E-state index contributed by atoms with van der Waals surface area (Å²) in [7, 11) is 0. The van der Waals surface area contributed by atoms with Crippen LogP contribution in [0.1, 0.15) is 44.4 Å². The van der Waals surface area contributed by atoms with Crippen LogP contribution >= 0.6 is 0 Å². The van der Waals surface area contributed by atoms with E-state index in [0.717, 1.165) is 10.5 Å². The van der Waals surface area contributed by atoms with Crippen LogP contribution in [-0.2, 0) is 20.5 Å². The van der Waals surface area contributed by atoms with Gasteiger partial charge in [0.2, 0.25) is 5.91 Å². The molecule has 1 atom stereocenters. The zero-order chi connectivity index (χ0) is 22.1. The average Bonchev–Trinajstić information content (AvgIpc) is 2.92. The highest BCUT2D eigenvalue weighted by molar-refractivity contribution is 6.10. The van der Waals surface area contributed by atoms with Gasteiger partial charge in [-0.05, 0) is 47.7 Å². The van der Waals surface area contributed by atoms with Gasteiger partial charge in [-0.3, -0.25) is 14.5 Å². The lowest BCUT2D eigenvalue weighted by Crippen LogP contribution is -2.42. The number of nitrogens with zero attached hydrogens (tertiary/aromatic N) is 2. The van der Waals surface area contributed by atoms with Gasteiger partial charge < -0.3 is 10.6 Å². The Labute approximate surface area is 175 Å². The smallest absolute Gasteiger partial charge is 0.325 e. The van der Waals surface area contributed by atoms with Gasteiger partial charge in [0.25, 0.3) is 5.91 Å². The van der Waals surface area contributed by atoms with Gasteiger partial charge in [-0.2, -0.15) is 5.26 Å². The van der Waals surface area contributed by atoms with Crippen molar-refractivity contribution in [3.63, 3.8) is 0 Å². The van der Waals surface area contributed by atoms with Crippen molar-refractivity contribution in [1.82, 2.24) is 10.2 Å². The van der Waals surface area contributed by atoms with E-state index in [0.29, 0.717) is 16.8 Å². The van der Waals surface area contributed by atoms with E-state index in [9.17, 15) is 14.4 Å². The summed E-state index contributed by atoms with van der Waals surface area (Å²) in [5.74, 6) is -0.985. The molecule has 2 aromatic carbocycles. The van der Waals surface area contributed by atoms with Gasteiger partial charge in [0.15, 0.2) is 0 Å². The summed E-state index contributed by atoms with van der Waals surface area (Å²) in [6.45, 7) is 7.53. The van der Waals surface area contributed by atoms with Crippen molar-refractivity contribution in [1.29, 1.82) is 5.26 Å². The highest BCUT2D eigenvalue weighted by atomic mass is 16.2. The topological polar surface area (TPSA) is 102 Å². The van der Waals surface area contributed by atoms with Gasteiger partial charge in [-0.25, -0.2) is 4.79 Å². The molecule has 154 valence electrons. The molecule has 0 saturated carbocycles. The first-order chi connectivity index (χ1) is 14.0. The molecule has 0 aromatic heterocycles. The fraction of sp³-hybridized carbons (Fsp3) is 0.304. The molecule has 1 aliphatic rings. The predicted molar refractivity (Wildman–Crippen MR) is 113 cm³/mol. The first kappa shape index (κ1) is 21.1. The van der Waals surface area contributed by atoms with Crippen LogP contribution in [0.2, 0.25) is 0 Å². The molecule has 2 aromatic rings. The highest BCUT2D eigenvalue weighted by Crippen LogP contribution is 2.31. The van der Waals surface area contributed by atoms with Crippen LogP contribution in [0.4, 0.5) is 10.5 Å². The summed E-state index contributed by atoms with van der Waals surface area (Å²) in [4.78, 5) is 38.7. The monoisotopic (exact) mass is 404 g/mol. The number of amides is 4. The quantitative estimate of drug-likeness (QED) is 0.764. The van der Waals surface area contributed by atoms with Crippen LogP contribution < -0.4 is 10.6 Å². The minimum absolute atomic E-state index is 0.0298. The van der Waals surface area contributed by atoms with E-state index in [-0.39, 0.29) is 5.41 Å². The fourth-order valence-electron chi connectivity index (χ4n) is 3.31.